The molecule has 3 aromatic carbocycles. The summed E-state index contributed by atoms with van der Waals surface area (Å²) in [7, 11) is 0. The Bertz CT molecular complexity index is 853. The third-order valence-electron chi connectivity index (χ3n) is 4.79. The van der Waals surface area contributed by atoms with Crippen molar-refractivity contribution in [1.29, 1.82) is 0 Å². The summed E-state index contributed by atoms with van der Waals surface area (Å²) >= 11 is 0. The van der Waals surface area contributed by atoms with Crippen molar-refractivity contribution >= 4 is 11.4 Å². The average Bonchev–Trinajstić information content (AvgIpc) is 2.64. The lowest BCUT2D eigenvalue weighted by atomic mass is 9.98. The molecule has 2 heteroatoms. The van der Waals surface area contributed by atoms with E-state index in [1.54, 1.807) is 0 Å². The molecule has 0 radical (unpaired) electrons. The monoisotopic (exact) mass is 314 g/mol. The molecule has 0 saturated heterocycles. The molecule has 4 rings (SSSR count). The molecule has 0 unspecified atom stereocenters. The second kappa shape index (κ2) is 6.50. The number of nitrogens with one attached hydrogen (secondary N) is 2. The maximum Gasteiger partial charge on any atom is 0.0420 e. The van der Waals surface area contributed by atoms with Crippen molar-refractivity contribution in [3.8, 4) is 11.1 Å². The topological polar surface area (TPSA) is 24.1 Å². The van der Waals surface area contributed by atoms with Crippen LogP contribution in [0.5, 0.6) is 0 Å². The van der Waals surface area contributed by atoms with Crippen LogP contribution in [-0.2, 0) is 13.0 Å². The van der Waals surface area contributed by atoms with Crippen molar-refractivity contribution in [2.24, 2.45) is 0 Å². The minimum absolute atomic E-state index is 0.984. The lowest BCUT2D eigenvalue weighted by Gasteiger charge is -2.19. The highest BCUT2D eigenvalue weighted by Gasteiger charge is 2.10. The fourth-order valence-corrected chi connectivity index (χ4v) is 3.41. The molecule has 1 aliphatic rings. The summed E-state index contributed by atoms with van der Waals surface area (Å²) < 4.78 is 0. The molecule has 0 bridgehead atoms. The zero-order valence-electron chi connectivity index (χ0n) is 14.0. The standard InChI is InChI=1S/C22H22N2/c1-16-21(17-6-3-2-4-7-17)8-5-9-22(16)24-20-11-10-19-15-23-13-12-18(19)14-20/h2-11,14,23-24H,12-13,15H2,1H3. The van der Waals surface area contributed by atoms with Crippen molar-refractivity contribution in [2.75, 3.05) is 11.9 Å². The van der Waals surface area contributed by atoms with Gasteiger partial charge in [0, 0.05) is 17.9 Å². The number of hydrogen-bond acceptors (Lipinski definition) is 2. The maximum atomic E-state index is 3.61. The van der Waals surface area contributed by atoms with Gasteiger partial charge >= 0.3 is 0 Å². The van der Waals surface area contributed by atoms with Crippen LogP contribution >= 0.6 is 0 Å². The van der Waals surface area contributed by atoms with E-state index in [-0.39, 0.29) is 0 Å². The smallest absolute Gasteiger partial charge is 0.0420 e. The van der Waals surface area contributed by atoms with Gasteiger partial charge in [0.1, 0.15) is 0 Å². The molecule has 120 valence electrons. The summed E-state index contributed by atoms with van der Waals surface area (Å²) in [5.74, 6) is 0. The Kier molecular flexibility index (Phi) is 4.06. The van der Waals surface area contributed by atoms with Gasteiger partial charge in [-0.3, -0.25) is 0 Å². The van der Waals surface area contributed by atoms with Gasteiger partial charge in [0.25, 0.3) is 0 Å². The number of hydrogen-bond donors (Lipinski definition) is 2. The summed E-state index contributed by atoms with van der Waals surface area (Å²) in [5, 5.41) is 7.04. The van der Waals surface area contributed by atoms with E-state index in [0.29, 0.717) is 0 Å². The van der Waals surface area contributed by atoms with E-state index in [0.717, 1.165) is 19.5 Å². The molecule has 0 spiro atoms. The molecule has 1 heterocycles. The van der Waals surface area contributed by atoms with Gasteiger partial charge in [0.2, 0.25) is 0 Å². The van der Waals surface area contributed by atoms with Gasteiger partial charge < -0.3 is 10.6 Å². The highest BCUT2D eigenvalue weighted by molar-refractivity contribution is 5.76. The van der Waals surface area contributed by atoms with E-state index < -0.39 is 0 Å². The predicted molar refractivity (Wildman–Crippen MR) is 102 cm³/mol. The van der Waals surface area contributed by atoms with Crippen molar-refractivity contribution in [3.05, 3.63) is 83.4 Å². The maximum absolute atomic E-state index is 3.61. The summed E-state index contributed by atoms with van der Waals surface area (Å²) in [6.45, 7) is 4.24. The van der Waals surface area contributed by atoms with Crippen LogP contribution in [0.25, 0.3) is 11.1 Å². The van der Waals surface area contributed by atoms with Crippen LogP contribution in [-0.4, -0.2) is 6.54 Å². The quantitative estimate of drug-likeness (QED) is 0.707. The van der Waals surface area contributed by atoms with Gasteiger partial charge in [-0.25, -0.2) is 0 Å². The van der Waals surface area contributed by atoms with Crippen molar-refractivity contribution in [3.63, 3.8) is 0 Å². The number of fused-ring (bicyclic) bond motifs is 1. The first-order valence-corrected chi connectivity index (χ1v) is 8.56. The Hall–Kier alpha value is -2.58. The third kappa shape index (κ3) is 2.93. The van der Waals surface area contributed by atoms with Crippen LogP contribution < -0.4 is 10.6 Å². The Labute approximate surface area is 143 Å². The van der Waals surface area contributed by atoms with E-state index in [2.05, 4.69) is 84.3 Å². The Morgan fingerprint density at radius 1 is 0.875 bits per heavy atom. The lowest BCUT2D eigenvalue weighted by molar-refractivity contribution is 0.644. The van der Waals surface area contributed by atoms with E-state index in [1.807, 2.05) is 0 Å². The van der Waals surface area contributed by atoms with Gasteiger partial charge in [-0.2, -0.15) is 0 Å². The SMILES string of the molecule is Cc1c(Nc2ccc3c(c2)CCNC3)cccc1-c1ccccc1. The van der Waals surface area contributed by atoms with E-state index in [9.17, 15) is 0 Å². The van der Waals surface area contributed by atoms with Crippen LogP contribution in [0.3, 0.4) is 0 Å². The Morgan fingerprint density at radius 3 is 2.62 bits per heavy atom. The molecular weight excluding hydrogens is 292 g/mol. The minimum atomic E-state index is 0.984. The summed E-state index contributed by atoms with van der Waals surface area (Å²) in [4.78, 5) is 0. The molecule has 0 saturated carbocycles. The summed E-state index contributed by atoms with van der Waals surface area (Å²) in [6, 6.07) is 23.8. The third-order valence-corrected chi connectivity index (χ3v) is 4.79. The molecule has 0 aromatic heterocycles. The molecule has 1 aliphatic heterocycles. The Morgan fingerprint density at radius 2 is 1.75 bits per heavy atom. The van der Waals surface area contributed by atoms with Crippen molar-refractivity contribution in [1.82, 2.24) is 5.32 Å². The average molecular weight is 314 g/mol. The molecule has 3 aromatic rings. The van der Waals surface area contributed by atoms with Gasteiger partial charge in [-0.1, -0.05) is 48.5 Å². The minimum Gasteiger partial charge on any atom is -0.355 e. The molecule has 2 N–H and O–H groups in total. The van der Waals surface area contributed by atoms with Gasteiger partial charge in [-0.15, -0.1) is 0 Å². The highest BCUT2D eigenvalue weighted by atomic mass is 14.9. The second-order valence-electron chi connectivity index (χ2n) is 6.38. The van der Waals surface area contributed by atoms with Gasteiger partial charge in [0.15, 0.2) is 0 Å². The normalized spacial score (nSPS) is 13.4. The van der Waals surface area contributed by atoms with E-state index >= 15 is 0 Å². The molecular formula is C22H22N2. The van der Waals surface area contributed by atoms with Crippen LogP contribution in [0.1, 0.15) is 16.7 Å². The summed E-state index contributed by atoms with van der Waals surface area (Å²) in [5.41, 5.74) is 9.03. The summed E-state index contributed by atoms with van der Waals surface area (Å²) in [6.07, 6.45) is 1.11. The fraction of sp³-hybridized carbons (Fsp3) is 0.182. The van der Waals surface area contributed by atoms with Crippen LogP contribution in [0, 0.1) is 6.92 Å². The first-order chi connectivity index (χ1) is 11.8. The molecule has 0 amide bonds. The molecule has 0 aliphatic carbocycles. The van der Waals surface area contributed by atoms with Crippen LogP contribution in [0.15, 0.2) is 66.7 Å². The second-order valence-corrected chi connectivity index (χ2v) is 6.38. The largest absolute Gasteiger partial charge is 0.355 e. The van der Waals surface area contributed by atoms with Crippen LogP contribution in [0.4, 0.5) is 11.4 Å². The molecule has 0 atom stereocenters. The van der Waals surface area contributed by atoms with E-state index in [4.69, 9.17) is 0 Å². The molecule has 2 nitrogen and oxygen atoms in total. The number of anilines is 2. The molecule has 0 fully saturated rings. The highest BCUT2D eigenvalue weighted by Crippen LogP contribution is 2.31. The Balaban J connectivity index is 1.66. The van der Waals surface area contributed by atoms with Gasteiger partial charge in [0.05, 0.1) is 0 Å². The molecule has 24 heavy (non-hydrogen) atoms. The van der Waals surface area contributed by atoms with Gasteiger partial charge in [-0.05, 0) is 65.9 Å². The zero-order chi connectivity index (χ0) is 16.4. The predicted octanol–water partition coefficient (Wildman–Crippen LogP) is 5.05. The zero-order valence-corrected chi connectivity index (χ0v) is 14.0. The van der Waals surface area contributed by atoms with Crippen molar-refractivity contribution in [2.45, 2.75) is 19.9 Å². The van der Waals surface area contributed by atoms with Crippen LogP contribution in [0.2, 0.25) is 0 Å². The van der Waals surface area contributed by atoms with Crippen molar-refractivity contribution < 1.29 is 0 Å². The fourth-order valence-electron chi connectivity index (χ4n) is 3.41. The lowest BCUT2D eigenvalue weighted by Crippen LogP contribution is -2.23. The number of benzene rings is 3. The first-order valence-electron chi connectivity index (χ1n) is 8.56. The number of rotatable bonds is 3. The van der Waals surface area contributed by atoms with E-state index in [1.165, 1.54) is 39.2 Å². The first kappa shape index (κ1) is 15.0.